The van der Waals surface area contributed by atoms with Crippen molar-refractivity contribution in [3.63, 3.8) is 0 Å². The molecule has 4 bridgehead atoms. The summed E-state index contributed by atoms with van der Waals surface area (Å²) in [5.74, 6) is -0.488. The lowest BCUT2D eigenvalue weighted by Gasteiger charge is -2.58. The topological polar surface area (TPSA) is 66.4 Å². The van der Waals surface area contributed by atoms with Crippen LogP contribution in [0, 0.1) is 29.0 Å². The second-order valence-corrected chi connectivity index (χ2v) is 8.00. The number of nitrogens with one attached hydrogen (secondary N) is 1. The largest absolute Gasteiger partial charge is 0.480 e. The highest BCUT2D eigenvalue weighted by Gasteiger charge is 2.56. The minimum atomic E-state index is -0.998. The van der Waals surface area contributed by atoms with E-state index in [0.717, 1.165) is 19.3 Å². The molecule has 4 fully saturated rings. The maximum atomic E-state index is 13.8. The normalized spacial score (nSPS) is 34.8. The third kappa shape index (κ3) is 2.50. The molecule has 4 nitrogen and oxygen atoms in total. The summed E-state index contributed by atoms with van der Waals surface area (Å²) in [4.78, 5) is 24.4. The molecule has 4 aliphatic rings. The van der Waals surface area contributed by atoms with Crippen molar-refractivity contribution < 1.29 is 19.1 Å². The van der Waals surface area contributed by atoms with Crippen molar-refractivity contribution in [2.24, 2.45) is 23.2 Å². The van der Waals surface area contributed by atoms with Gasteiger partial charge in [-0.25, -0.2) is 9.18 Å². The number of aliphatic carboxylic acids is 1. The fraction of sp³-hybridized carbons (Fsp3) is 0.579. The van der Waals surface area contributed by atoms with Crippen LogP contribution >= 0.6 is 0 Å². The molecule has 5 heteroatoms. The summed E-state index contributed by atoms with van der Waals surface area (Å²) in [6.07, 6.45) is 6.21. The molecule has 2 N–H and O–H groups in total. The van der Waals surface area contributed by atoms with Crippen LogP contribution in [0.4, 0.5) is 4.39 Å². The predicted molar refractivity (Wildman–Crippen MR) is 85.9 cm³/mol. The van der Waals surface area contributed by atoms with Crippen LogP contribution in [-0.4, -0.2) is 23.0 Å². The lowest BCUT2D eigenvalue weighted by molar-refractivity contribution is -0.150. The van der Waals surface area contributed by atoms with Gasteiger partial charge in [0.1, 0.15) is 11.9 Å². The van der Waals surface area contributed by atoms with E-state index in [9.17, 15) is 19.1 Å². The first-order valence-corrected chi connectivity index (χ1v) is 8.75. The van der Waals surface area contributed by atoms with Crippen LogP contribution in [0.25, 0.3) is 0 Å². The van der Waals surface area contributed by atoms with E-state index in [-0.39, 0.29) is 11.0 Å². The van der Waals surface area contributed by atoms with Crippen molar-refractivity contribution in [1.29, 1.82) is 0 Å². The van der Waals surface area contributed by atoms with Gasteiger partial charge in [-0.2, -0.15) is 0 Å². The predicted octanol–water partition coefficient (Wildman–Crippen LogP) is 3.23. The van der Waals surface area contributed by atoms with Crippen molar-refractivity contribution in [2.45, 2.75) is 44.6 Å². The monoisotopic (exact) mass is 331 g/mol. The fourth-order valence-electron chi connectivity index (χ4n) is 5.86. The van der Waals surface area contributed by atoms with Gasteiger partial charge in [0.15, 0.2) is 0 Å². The number of rotatable bonds is 4. The van der Waals surface area contributed by atoms with Crippen molar-refractivity contribution in [1.82, 2.24) is 5.32 Å². The summed E-state index contributed by atoms with van der Waals surface area (Å²) in [5, 5.41) is 12.4. The summed E-state index contributed by atoms with van der Waals surface area (Å²) in [5.41, 5.74) is -0.449. The van der Waals surface area contributed by atoms with Gasteiger partial charge in [-0.05, 0) is 68.4 Å². The Bertz CT molecular complexity index is 652. The van der Waals surface area contributed by atoms with E-state index >= 15 is 0 Å². The van der Waals surface area contributed by atoms with Crippen LogP contribution < -0.4 is 5.32 Å². The number of carboxylic acid groups (broad SMARTS) is 1. The third-order valence-electron chi connectivity index (χ3n) is 6.34. The van der Waals surface area contributed by atoms with Gasteiger partial charge in [-0.1, -0.05) is 12.1 Å². The molecule has 1 aromatic rings. The molecule has 0 unspecified atom stereocenters. The highest BCUT2D eigenvalue weighted by atomic mass is 19.1. The molecule has 24 heavy (non-hydrogen) atoms. The maximum Gasteiger partial charge on any atom is 0.326 e. The van der Waals surface area contributed by atoms with Crippen LogP contribution in [0.3, 0.4) is 0 Å². The Hall–Kier alpha value is -1.91. The molecule has 0 aliphatic heterocycles. The Labute approximate surface area is 140 Å². The van der Waals surface area contributed by atoms with Gasteiger partial charge in [0.2, 0.25) is 0 Å². The molecule has 1 atom stereocenters. The first kappa shape index (κ1) is 15.6. The molecule has 1 aromatic carbocycles. The average molecular weight is 331 g/mol. The molecule has 0 spiro atoms. The number of benzene rings is 1. The Morgan fingerprint density at radius 1 is 1.08 bits per heavy atom. The van der Waals surface area contributed by atoms with E-state index in [0.29, 0.717) is 17.8 Å². The molecule has 5 rings (SSSR count). The van der Waals surface area contributed by atoms with Gasteiger partial charge >= 0.3 is 5.97 Å². The number of carboxylic acids is 1. The van der Waals surface area contributed by atoms with E-state index < -0.39 is 23.7 Å². The van der Waals surface area contributed by atoms with Gasteiger partial charge in [0.25, 0.3) is 5.91 Å². The van der Waals surface area contributed by atoms with E-state index in [1.165, 1.54) is 37.5 Å². The van der Waals surface area contributed by atoms with Crippen LogP contribution in [0.15, 0.2) is 24.3 Å². The van der Waals surface area contributed by atoms with E-state index in [4.69, 9.17) is 0 Å². The lowest BCUT2D eigenvalue weighted by Crippen LogP contribution is -2.59. The number of carbonyl (C=O) groups excluding carboxylic acids is 1. The first-order valence-electron chi connectivity index (χ1n) is 8.75. The zero-order chi connectivity index (χ0) is 16.9. The van der Waals surface area contributed by atoms with Gasteiger partial charge in [0, 0.05) is 5.41 Å². The van der Waals surface area contributed by atoms with Crippen molar-refractivity contribution in [2.75, 3.05) is 0 Å². The maximum absolute atomic E-state index is 13.8. The smallest absolute Gasteiger partial charge is 0.326 e. The van der Waals surface area contributed by atoms with Gasteiger partial charge in [-0.15, -0.1) is 0 Å². The van der Waals surface area contributed by atoms with Crippen LogP contribution in [0.2, 0.25) is 0 Å². The summed E-state index contributed by atoms with van der Waals surface area (Å²) in [7, 11) is 0. The summed E-state index contributed by atoms with van der Waals surface area (Å²) >= 11 is 0. The standard InChI is InChI=1S/C19H22FNO3/c20-15-4-2-1-3-14(15)17(22)21-16(18(23)24)19-8-11-5-12(9-19)7-13(6-11)10-19/h1-4,11-13,16H,5-10H2,(H,21,22)(H,23,24)/t11?,12?,13?,16-,19?/m0/s1. The Balaban J connectivity index is 1.60. The highest BCUT2D eigenvalue weighted by Crippen LogP contribution is 2.61. The Kier molecular flexibility index (Phi) is 3.62. The highest BCUT2D eigenvalue weighted by molar-refractivity contribution is 5.97. The van der Waals surface area contributed by atoms with Crippen LogP contribution in [0.1, 0.15) is 48.9 Å². The second-order valence-electron chi connectivity index (χ2n) is 8.00. The number of amides is 1. The number of halogens is 1. The molecule has 128 valence electrons. The average Bonchev–Trinajstić information content (AvgIpc) is 2.51. The number of hydrogen-bond donors (Lipinski definition) is 2. The quantitative estimate of drug-likeness (QED) is 0.890. The van der Waals surface area contributed by atoms with Crippen molar-refractivity contribution in [3.05, 3.63) is 35.6 Å². The minimum Gasteiger partial charge on any atom is -0.480 e. The van der Waals surface area contributed by atoms with E-state index in [1.54, 1.807) is 6.07 Å². The summed E-state index contributed by atoms with van der Waals surface area (Å²) in [6, 6.07) is 4.77. The molecule has 1 amide bonds. The number of hydrogen-bond acceptors (Lipinski definition) is 2. The molecule has 4 aliphatic carbocycles. The Morgan fingerprint density at radius 2 is 1.62 bits per heavy atom. The molecule has 0 heterocycles. The molecule has 0 saturated heterocycles. The SMILES string of the molecule is O=C(N[C@@H](C(=O)O)C12CC3CC(CC(C3)C1)C2)c1ccccc1F. The van der Waals surface area contributed by atoms with Crippen LogP contribution in [0.5, 0.6) is 0 Å². The van der Waals surface area contributed by atoms with Gasteiger partial charge in [0.05, 0.1) is 5.56 Å². The minimum absolute atomic E-state index is 0.0894. The summed E-state index contributed by atoms with van der Waals surface area (Å²) < 4.78 is 13.8. The Morgan fingerprint density at radius 3 is 2.12 bits per heavy atom. The third-order valence-corrected chi connectivity index (χ3v) is 6.34. The molecule has 0 aromatic heterocycles. The first-order chi connectivity index (χ1) is 11.5. The molecule has 4 saturated carbocycles. The molecule has 0 radical (unpaired) electrons. The van der Waals surface area contributed by atoms with E-state index in [1.807, 2.05) is 0 Å². The summed E-state index contributed by atoms with van der Waals surface area (Å²) in [6.45, 7) is 0. The molecular formula is C19H22FNO3. The molecular weight excluding hydrogens is 309 g/mol. The fourth-order valence-corrected chi connectivity index (χ4v) is 5.86. The van der Waals surface area contributed by atoms with Gasteiger partial charge < -0.3 is 10.4 Å². The van der Waals surface area contributed by atoms with E-state index in [2.05, 4.69) is 5.32 Å². The zero-order valence-electron chi connectivity index (χ0n) is 13.5. The number of carbonyl (C=O) groups is 2. The second kappa shape index (κ2) is 5.57. The van der Waals surface area contributed by atoms with Gasteiger partial charge in [-0.3, -0.25) is 4.79 Å². The lowest BCUT2D eigenvalue weighted by atomic mass is 9.47. The van der Waals surface area contributed by atoms with Crippen molar-refractivity contribution >= 4 is 11.9 Å². The van der Waals surface area contributed by atoms with Crippen molar-refractivity contribution in [3.8, 4) is 0 Å². The van der Waals surface area contributed by atoms with Crippen LogP contribution in [-0.2, 0) is 4.79 Å². The zero-order valence-corrected chi connectivity index (χ0v) is 13.5.